The topological polar surface area (TPSA) is 30.8 Å². The highest BCUT2D eigenvalue weighted by atomic mass is 31.1. The Morgan fingerprint density at radius 1 is 0.592 bits per heavy atom. The van der Waals surface area contributed by atoms with Gasteiger partial charge in [0.15, 0.2) is 0 Å². The van der Waals surface area contributed by atoms with Crippen molar-refractivity contribution in [3.8, 4) is 0 Å². The summed E-state index contributed by atoms with van der Waals surface area (Å²) in [6.07, 6.45) is 1.17. The van der Waals surface area contributed by atoms with E-state index in [0.717, 1.165) is 5.56 Å². The number of hydrogen-bond acceptors (Lipinski definition) is 3. The molecule has 1 aliphatic heterocycles. The van der Waals surface area contributed by atoms with E-state index in [2.05, 4.69) is 188 Å². The second-order valence-corrected chi connectivity index (χ2v) is 17.3. The fourth-order valence-corrected chi connectivity index (χ4v) is 8.64. The van der Waals surface area contributed by atoms with E-state index in [4.69, 9.17) is 14.3 Å². The van der Waals surface area contributed by atoms with Crippen LogP contribution in [0.25, 0.3) is 0 Å². The van der Waals surface area contributed by atoms with Crippen molar-refractivity contribution >= 4 is 24.7 Å². The van der Waals surface area contributed by atoms with Gasteiger partial charge in [-0.1, -0.05) is 169 Å². The summed E-state index contributed by atoms with van der Waals surface area (Å²) in [6, 6.07) is 49.5. The normalized spacial score (nSPS) is 16.8. The highest BCUT2D eigenvalue weighted by Crippen LogP contribution is 2.47. The van der Waals surface area contributed by atoms with Gasteiger partial charge < -0.3 is 9.26 Å². The van der Waals surface area contributed by atoms with Crippen LogP contribution in [0.1, 0.15) is 76.3 Å². The first-order chi connectivity index (χ1) is 23.4. The SMILES string of the molecule is C[C@@H]1OC(c2cc(C(C)(C)C)cc(C(C)(C)C)c2)=N[C@@H]1C(Cc1ccccc1)(Cc1ccccc1)OP(c1ccccc1)c1ccccc1. The molecule has 2 atom stereocenters. The fraction of sp³-hybridized carbons (Fsp3) is 0.311. The zero-order valence-electron chi connectivity index (χ0n) is 30.1. The van der Waals surface area contributed by atoms with Crippen LogP contribution in [0, 0.1) is 0 Å². The van der Waals surface area contributed by atoms with E-state index in [-0.39, 0.29) is 23.0 Å². The molecule has 0 spiro atoms. The van der Waals surface area contributed by atoms with Crippen molar-refractivity contribution in [2.75, 3.05) is 0 Å². The van der Waals surface area contributed by atoms with Gasteiger partial charge in [-0.15, -0.1) is 0 Å². The highest BCUT2D eigenvalue weighted by molar-refractivity contribution is 7.68. The summed E-state index contributed by atoms with van der Waals surface area (Å²) in [6.45, 7) is 15.8. The Morgan fingerprint density at radius 2 is 1.00 bits per heavy atom. The van der Waals surface area contributed by atoms with Gasteiger partial charge in [0.05, 0.1) is 8.15 Å². The van der Waals surface area contributed by atoms with Gasteiger partial charge in [-0.2, -0.15) is 0 Å². The molecule has 0 bridgehead atoms. The third-order valence-corrected chi connectivity index (χ3v) is 11.5. The van der Waals surface area contributed by atoms with Crippen LogP contribution in [0.5, 0.6) is 0 Å². The number of nitrogens with zero attached hydrogens (tertiary/aromatic N) is 1. The van der Waals surface area contributed by atoms with Gasteiger partial charge in [0.1, 0.15) is 17.7 Å². The van der Waals surface area contributed by atoms with E-state index in [1.165, 1.54) is 32.9 Å². The first-order valence-electron chi connectivity index (χ1n) is 17.5. The molecule has 0 N–H and O–H groups in total. The molecule has 252 valence electrons. The van der Waals surface area contributed by atoms with E-state index >= 15 is 0 Å². The Hall–Kier alpha value is -4.04. The average Bonchev–Trinajstić information content (AvgIpc) is 3.50. The summed E-state index contributed by atoms with van der Waals surface area (Å²) in [5.41, 5.74) is 5.27. The number of benzene rings is 5. The molecule has 5 aromatic rings. The minimum Gasteiger partial charge on any atom is -0.472 e. The molecule has 0 unspecified atom stereocenters. The molecule has 1 heterocycles. The Morgan fingerprint density at radius 3 is 1.41 bits per heavy atom. The Bertz CT molecular complexity index is 1730. The zero-order chi connectivity index (χ0) is 34.6. The van der Waals surface area contributed by atoms with E-state index in [1.54, 1.807) is 0 Å². The van der Waals surface area contributed by atoms with Crippen LogP contribution in [-0.2, 0) is 32.9 Å². The lowest BCUT2D eigenvalue weighted by atomic mass is 9.79. The number of hydrogen-bond donors (Lipinski definition) is 0. The van der Waals surface area contributed by atoms with Crippen LogP contribution < -0.4 is 10.6 Å². The van der Waals surface area contributed by atoms with Crippen molar-refractivity contribution in [3.05, 3.63) is 167 Å². The molecule has 0 fully saturated rings. The van der Waals surface area contributed by atoms with Gasteiger partial charge in [0.2, 0.25) is 5.90 Å². The van der Waals surface area contributed by atoms with Gasteiger partial charge in [-0.05, 0) is 52.1 Å². The van der Waals surface area contributed by atoms with Gasteiger partial charge in [-0.25, -0.2) is 4.99 Å². The molecule has 4 heteroatoms. The molecule has 6 rings (SSSR count). The van der Waals surface area contributed by atoms with Crippen LogP contribution in [0.2, 0.25) is 0 Å². The molecular weight excluding hydrogens is 617 g/mol. The lowest BCUT2D eigenvalue weighted by molar-refractivity contribution is 0.0249. The maximum absolute atomic E-state index is 7.79. The largest absolute Gasteiger partial charge is 0.472 e. The maximum atomic E-state index is 7.79. The lowest BCUT2D eigenvalue weighted by Gasteiger charge is -2.41. The molecule has 0 amide bonds. The zero-order valence-corrected chi connectivity index (χ0v) is 31.0. The average molecular weight is 668 g/mol. The number of ether oxygens (including phenoxy) is 1. The maximum Gasteiger partial charge on any atom is 0.216 e. The first-order valence-corrected chi connectivity index (χ1v) is 18.8. The molecule has 5 aromatic carbocycles. The third kappa shape index (κ3) is 8.23. The second kappa shape index (κ2) is 14.4. The highest BCUT2D eigenvalue weighted by Gasteiger charge is 2.49. The second-order valence-electron chi connectivity index (χ2n) is 15.4. The van der Waals surface area contributed by atoms with E-state index in [0.29, 0.717) is 18.7 Å². The standard InChI is InChI=1S/C45H50NO2P/c1-33-41(46-42(47-33)36-28-37(43(2,3)4)30-38(29-36)44(5,6)7)45(31-34-20-12-8-13-21-34,32-35-22-14-9-15-23-35)48-49(39-24-16-10-17-25-39)40-26-18-11-19-27-40/h8-30,33,41H,31-32H2,1-7H3/t33-,41-/m0/s1. The summed E-state index contributed by atoms with van der Waals surface area (Å²) in [4.78, 5) is 5.57. The van der Waals surface area contributed by atoms with Crippen LogP contribution in [-0.4, -0.2) is 23.6 Å². The van der Waals surface area contributed by atoms with Gasteiger partial charge in [-0.3, -0.25) is 0 Å². The lowest BCUT2D eigenvalue weighted by Crippen LogP contribution is -2.51. The van der Waals surface area contributed by atoms with Crippen LogP contribution in [0.4, 0.5) is 0 Å². The summed E-state index contributed by atoms with van der Waals surface area (Å²) in [5, 5.41) is 2.36. The Balaban J connectivity index is 1.55. The quantitative estimate of drug-likeness (QED) is 0.139. The van der Waals surface area contributed by atoms with Crippen LogP contribution in [0.15, 0.2) is 145 Å². The number of rotatable bonds is 10. The van der Waals surface area contributed by atoms with Crippen LogP contribution >= 0.6 is 8.15 Å². The van der Waals surface area contributed by atoms with E-state index in [1.807, 2.05) is 0 Å². The summed E-state index contributed by atoms with van der Waals surface area (Å²) in [5.74, 6) is 0.701. The molecule has 0 radical (unpaired) electrons. The molecule has 0 aliphatic carbocycles. The molecule has 0 aromatic heterocycles. The predicted octanol–water partition coefficient (Wildman–Crippen LogP) is 10.1. The summed E-state index contributed by atoms with van der Waals surface area (Å²) < 4.78 is 14.6. The summed E-state index contributed by atoms with van der Waals surface area (Å²) in [7, 11) is -1.20. The van der Waals surface area contributed by atoms with Gasteiger partial charge >= 0.3 is 0 Å². The third-order valence-electron chi connectivity index (χ3n) is 9.40. The smallest absolute Gasteiger partial charge is 0.216 e. The monoisotopic (exact) mass is 667 g/mol. The molecule has 0 saturated carbocycles. The van der Waals surface area contributed by atoms with Gasteiger partial charge in [0, 0.05) is 29.0 Å². The minimum absolute atomic E-state index is 0.0190. The molecule has 0 saturated heterocycles. The predicted molar refractivity (Wildman–Crippen MR) is 208 cm³/mol. The number of aliphatic imine (C=N–C) groups is 1. The van der Waals surface area contributed by atoms with Crippen molar-refractivity contribution in [2.45, 2.75) is 89.9 Å². The van der Waals surface area contributed by atoms with Crippen molar-refractivity contribution < 1.29 is 9.26 Å². The minimum atomic E-state index is -1.20. The molecular formula is C45H50NO2P. The Labute approximate surface area is 295 Å². The van der Waals surface area contributed by atoms with Gasteiger partial charge in [0.25, 0.3) is 0 Å². The van der Waals surface area contributed by atoms with Crippen molar-refractivity contribution in [1.82, 2.24) is 0 Å². The molecule has 3 nitrogen and oxygen atoms in total. The van der Waals surface area contributed by atoms with E-state index in [9.17, 15) is 0 Å². The molecule has 49 heavy (non-hydrogen) atoms. The van der Waals surface area contributed by atoms with Crippen molar-refractivity contribution in [3.63, 3.8) is 0 Å². The molecule has 1 aliphatic rings. The summed E-state index contributed by atoms with van der Waals surface area (Å²) >= 11 is 0. The fourth-order valence-electron chi connectivity index (χ4n) is 6.64. The van der Waals surface area contributed by atoms with Crippen molar-refractivity contribution in [2.24, 2.45) is 4.99 Å². The van der Waals surface area contributed by atoms with Crippen molar-refractivity contribution in [1.29, 1.82) is 0 Å². The van der Waals surface area contributed by atoms with Crippen LogP contribution in [0.3, 0.4) is 0 Å². The first kappa shape index (κ1) is 34.8. The Kier molecular flexibility index (Phi) is 10.3. The van der Waals surface area contributed by atoms with E-state index < -0.39 is 13.7 Å².